The Kier molecular flexibility index (Phi) is 2.78. The number of aromatic nitrogens is 4. The molecule has 1 fully saturated rings. The van der Waals surface area contributed by atoms with Crippen LogP contribution in [0.2, 0.25) is 0 Å². The van der Waals surface area contributed by atoms with Crippen molar-refractivity contribution in [2.75, 3.05) is 12.3 Å². The summed E-state index contributed by atoms with van der Waals surface area (Å²) >= 11 is 0. The van der Waals surface area contributed by atoms with Crippen LogP contribution in [-0.4, -0.2) is 37.5 Å². The maximum Gasteiger partial charge on any atom is 0.274 e. The Balaban J connectivity index is 1.58. The van der Waals surface area contributed by atoms with Crippen LogP contribution in [0.3, 0.4) is 0 Å². The van der Waals surface area contributed by atoms with Crippen LogP contribution in [0.25, 0.3) is 0 Å². The molecule has 0 aromatic carbocycles. The van der Waals surface area contributed by atoms with Gasteiger partial charge in [0.1, 0.15) is 5.69 Å². The van der Waals surface area contributed by atoms with Gasteiger partial charge in [0.25, 0.3) is 11.5 Å². The van der Waals surface area contributed by atoms with Gasteiger partial charge in [0.05, 0.1) is 12.2 Å². The topological polar surface area (TPSA) is 121 Å². The number of H-pyrrole nitrogens is 2. The van der Waals surface area contributed by atoms with E-state index in [1.54, 1.807) is 4.90 Å². The number of nitrogen functional groups attached to an aromatic ring is 1. The molecule has 0 radical (unpaired) electrons. The molecule has 2 aromatic heterocycles. The minimum Gasteiger partial charge on any atom is -0.369 e. The summed E-state index contributed by atoms with van der Waals surface area (Å²) in [5.41, 5.74) is 7.98. The first-order valence-corrected chi connectivity index (χ1v) is 7.34. The molecule has 2 aliphatic rings. The molecule has 8 nitrogen and oxygen atoms in total. The number of carbonyl (C=O) groups is 1. The minimum atomic E-state index is -0.217. The fourth-order valence-electron chi connectivity index (χ4n) is 2.84. The molecule has 22 heavy (non-hydrogen) atoms. The molecule has 4 N–H and O–H groups in total. The fourth-order valence-corrected chi connectivity index (χ4v) is 2.84. The summed E-state index contributed by atoms with van der Waals surface area (Å²) in [6.07, 6.45) is 2.78. The molecule has 1 saturated carbocycles. The van der Waals surface area contributed by atoms with Crippen LogP contribution in [0, 0.1) is 0 Å². The van der Waals surface area contributed by atoms with E-state index in [2.05, 4.69) is 20.2 Å². The lowest BCUT2D eigenvalue weighted by molar-refractivity contribution is 0.0725. The number of amides is 1. The van der Waals surface area contributed by atoms with Gasteiger partial charge in [-0.15, -0.1) is 0 Å². The Morgan fingerprint density at radius 1 is 1.41 bits per heavy atom. The van der Waals surface area contributed by atoms with Crippen molar-refractivity contribution in [1.29, 1.82) is 0 Å². The second-order valence-corrected chi connectivity index (χ2v) is 5.84. The summed E-state index contributed by atoms with van der Waals surface area (Å²) in [7, 11) is 0. The third kappa shape index (κ3) is 2.16. The van der Waals surface area contributed by atoms with Crippen molar-refractivity contribution in [3.05, 3.63) is 39.1 Å². The number of hydrogen-bond donors (Lipinski definition) is 3. The lowest BCUT2D eigenvalue weighted by atomic mass is 10.1. The van der Waals surface area contributed by atoms with E-state index in [1.165, 1.54) is 0 Å². The van der Waals surface area contributed by atoms with E-state index in [1.807, 2.05) is 6.07 Å². The Bertz CT molecular complexity index is 804. The number of anilines is 1. The highest BCUT2D eigenvalue weighted by atomic mass is 16.2. The number of aromatic amines is 2. The van der Waals surface area contributed by atoms with Crippen molar-refractivity contribution >= 4 is 11.9 Å². The average Bonchev–Trinajstić information content (AvgIpc) is 3.23. The zero-order valence-electron chi connectivity index (χ0n) is 11.9. The smallest absolute Gasteiger partial charge is 0.274 e. The normalized spacial score (nSPS) is 17.4. The number of hydrogen-bond acceptors (Lipinski definition) is 5. The minimum absolute atomic E-state index is 0.0776. The van der Waals surface area contributed by atoms with Crippen LogP contribution < -0.4 is 11.3 Å². The van der Waals surface area contributed by atoms with E-state index >= 15 is 0 Å². The molecule has 8 heteroatoms. The van der Waals surface area contributed by atoms with E-state index in [9.17, 15) is 9.59 Å². The maximum atomic E-state index is 12.5. The fraction of sp³-hybridized carbons (Fsp3) is 0.429. The molecule has 0 atom stereocenters. The quantitative estimate of drug-likeness (QED) is 0.729. The summed E-state index contributed by atoms with van der Waals surface area (Å²) in [5.74, 6) is 0.458. The van der Waals surface area contributed by atoms with Gasteiger partial charge in [0.2, 0.25) is 5.95 Å². The van der Waals surface area contributed by atoms with Gasteiger partial charge in [-0.25, -0.2) is 4.98 Å². The molecule has 114 valence electrons. The lowest BCUT2D eigenvalue weighted by Crippen LogP contribution is -2.39. The zero-order chi connectivity index (χ0) is 15.3. The Morgan fingerprint density at radius 3 is 3.00 bits per heavy atom. The molecular weight excluding hydrogens is 284 g/mol. The van der Waals surface area contributed by atoms with E-state index in [0.717, 1.165) is 18.5 Å². The van der Waals surface area contributed by atoms with Crippen LogP contribution in [-0.2, 0) is 13.0 Å². The average molecular weight is 300 g/mol. The number of nitrogens with zero attached hydrogens (tertiary/aromatic N) is 3. The summed E-state index contributed by atoms with van der Waals surface area (Å²) in [6.45, 7) is 0.764. The van der Waals surface area contributed by atoms with Crippen molar-refractivity contribution in [2.24, 2.45) is 0 Å². The summed E-state index contributed by atoms with van der Waals surface area (Å²) in [5, 5.41) is 7.05. The zero-order valence-corrected chi connectivity index (χ0v) is 11.9. The van der Waals surface area contributed by atoms with Gasteiger partial charge in [-0.2, -0.15) is 5.10 Å². The second kappa shape index (κ2) is 4.69. The van der Waals surface area contributed by atoms with Crippen molar-refractivity contribution in [1.82, 2.24) is 25.1 Å². The highest BCUT2D eigenvalue weighted by molar-refractivity contribution is 5.92. The Labute approximate surface area is 125 Å². The third-order valence-electron chi connectivity index (χ3n) is 4.21. The van der Waals surface area contributed by atoms with Crippen molar-refractivity contribution in [3.8, 4) is 0 Å². The van der Waals surface area contributed by atoms with Gasteiger partial charge in [0.15, 0.2) is 0 Å². The molecule has 1 amide bonds. The molecule has 0 saturated heterocycles. The highest BCUT2D eigenvalue weighted by Crippen LogP contribution is 2.39. The molecule has 1 aliphatic heterocycles. The first-order valence-electron chi connectivity index (χ1n) is 7.34. The molecule has 1 aliphatic carbocycles. The number of fused-ring (bicyclic) bond motifs is 1. The molecule has 2 aromatic rings. The first kappa shape index (κ1) is 13.1. The number of rotatable bonds is 2. The first-order chi connectivity index (χ1) is 10.6. The largest absolute Gasteiger partial charge is 0.369 e. The van der Waals surface area contributed by atoms with E-state index in [4.69, 9.17) is 5.73 Å². The van der Waals surface area contributed by atoms with Crippen LogP contribution in [0.5, 0.6) is 0 Å². The monoisotopic (exact) mass is 300 g/mol. The predicted octanol–water partition coefficient (Wildman–Crippen LogP) is 0.151. The van der Waals surface area contributed by atoms with Gasteiger partial charge in [-0.05, 0) is 25.3 Å². The lowest BCUT2D eigenvalue weighted by Gasteiger charge is -2.26. The number of nitrogens with two attached hydrogens (primary N) is 1. The van der Waals surface area contributed by atoms with Crippen LogP contribution >= 0.6 is 0 Å². The van der Waals surface area contributed by atoms with Crippen LogP contribution in [0.15, 0.2) is 10.9 Å². The second-order valence-electron chi connectivity index (χ2n) is 5.84. The molecule has 4 rings (SSSR count). The summed E-state index contributed by atoms with van der Waals surface area (Å²) in [4.78, 5) is 32.6. The third-order valence-corrected chi connectivity index (χ3v) is 4.21. The molecular formula is C14H16N6O2. The van der Waals surface area contributed by atoms with E-state index < -0.39 is 0 Å². The van der Waals surface area contributed by atoms with Crippen LogP contribution in [0.4, 0.5) is 5.95 Å². The van der Waals surface area contributed by atoms with E-state index in [0.29, 0.717) is 35.8 Å². The van der Waals surface area contributed by atoms with Gasteiger partial charge < -0.3 is 10.6 Å². The van der Waals surface area contributed by atoms with Gasteiger partial charge in [-0.3, -0.25) is 19.7 Å². The SMILES string of the molecule is Nc1nc2c(c(=O)[nH]1)CCN(C(=O)c1cc(C3CC3)[nH]n1)C2. The number of carbonyl (C=O) groups excluding carboxylic acids is 1. The predicted molar refractivity (Wildman–Crippen MR) is 78.3 cm³/mol. The Hall–Kier alpha value is -2.64. The van der Waals surface area contributed by atoms with Gasteiger partial charge in [0, 0.05) is 23.7 Å². The molecule has 0 unspecified atom stereocenters. The highest BCUT2D eigenvalue weighted by Gasteiger charge is 2.29. The van der Waals surface area contributed by atoms with Crippen molar-refractivity contribution in [2.45, 2.75) is 31.7 Å². The summed E-state index contributed by atoms with van der Waals surface area (Å²) < 4.78 is 0. The van der Waals surface area contributed by atoms with Gasteiger partial charge >= 0.3 is 0 Å². The van der Waals surface area contributed by atoms with Crippen molar-refractivity contribution in [3.63, 3.8) is 0 Å². The van der Waals surface area contributed by atoms with Gasteiger partial charge in [-0.1, -0.05) is 0 Å². The summed E-state index contributed by atoms with van der Waals surface area (Å²) in [6, 6.07) is 1.83. The maximum absolute atomic E-state index is 12.5. The molecule has 0 bridgehead atoms. The van der Waals surface area contributed by atoms with E-state index in [-0.39, 0.29) is 24.0 Å². The number of nitrogens with one attached hydrogen (secondary N) is 2. The standard InChI is InChI=1S/C14H16N6O2/c15-14-16-11-6-20(4-3-8(11)12(21)17-14)13(22)10-5-9(18-19-10)7-1-2-7/h5,7H,1-4,6H2,(H,18,19)(H3,15,16,17,21). The molecule has 3 heterocycles. The Morgan fingerprint density at radius 2 is 2.23 bits per heavy atom. The van der Waals surface area contributed by atoms with Crippen LogP contribution in [0.1, 0.15) is 46.2 Å². The van der Waals surface area contributed by atoms with Crippen molar-refractivity contribution < 1.29 is 4.79 Å². The molecule has 0 spiro atoms.